The molecule has 1 N–H and O–H groups in total. The summed E-state index contributed by atoms with van der Waals surface area (Å²) < 4.78 is 50.7. The molecule has 2 rings (SSSR count). The molecule has 0 radical (unpaired) electrons. The van der Waals surface area contributed by atoms with Crippen LogP contribution in [0.25, 0.3) is 0 Å². The van der Waals surface area contributed by atoms with E-state index in [4.69, 9.17) is 11.6 Å². The number of anilines is 1. The summed E-state index contributed by atoms with van der Waals surface area (Å²) in [5.74, 6) is 0. The Labute approximate surface area is 152 Å². The van der Waals surface area contributed by atoms with Crippen LogP contribution in [0.15, 0.2) is 58.3 Å². The van der Waals surface area contributed by atoms with Gasteiger partial charge in [-0.1, -0.05) is 29.8 Å². The Kier molecular flexibility index (Phi) is 5.78. The monoisotopic (exact) mass is 403 g/mol. The molecule has 0 aliphatic heterocycles. The van der Waals surface area contributed by atoms with E-state index in [0.29, 0.717) is 5.69 Å². The Bertz CT molecular complexity index is 957. The smallest absolute Gasteiger partial charge is 0.265 e. The molecule has 0 saturated heterocycles. The average molecular weight is 404 g/mol. The van der Waals surface area contributed by atoms with Crippen molar-refractivity contribution < 1.29 is 21.9 Å². The van der Waals surface area contributed by atoms with Crippen molar-refractivity contribution in [1.82, 2.24) is 0 Å². The Morgan fingerprint density at radius 2 is 1.68 bits per heavy atom. The van der Waals surface area contributed by atoms with Crippen molar-refractivity contribution >= 4 is 37.1 Å². The molecule has 0 spiro atoms. The van der Waals surface area contributed by atoms with Crippen molar-refractivity contribution in [3.63, 3.8) is 0 Å². The number of benzene rings is 2. The van der Waals surface area contributed by atoms with Crippen molar-refractivity contribution in [3.05, 3.63) is 53.6 Å². The highest BCUT2D eigenvalue weighted by atomic mass is 35.5. The number of aliphatic hydroxyl groups excluding tert-OH is 1. The van der Waals surface area contributed by atoms with Gasteiger partial charge in [0.1, 0.15) is 4.90 Å². The van der Waals surface area contributed by atoms with Gasteiger partial charge in [0.15, 0.2) is 9.84 Å². The van der Waals surface area contributed by atoms with Gasteiger partial charge in [0, 0.05) is 6.26 Å². The molecule has 136 valence electrons. The molecule has 0 fully saturated rings. The topological polar surface area (TPSA) is 91.8 Å². The Morgan fingerprint density at radius 3 is 2.20 bits per heavy atom. The highest BCUT2D eigenvalue weighted by molar-refractivity contribution is 7.93. The molecule has 1 atom stereocenters. The van der Waals surface area contributed by atoms with Crippen molar-refractivity contribution in [2.75, 3.05) is 17.1 Å². The minimum atomic E-state index is -4.19. The third kappa shape index (κ3) is 4.52. The van der Waals surface area contributed by atoms with Crippen LogP contribution >= 0.6 is 11.6 Å². The number of aliphatic hydroxyl groups is 1. The Morgan fingerprint density at radius 1 is 1.08 bits per heavy atom. The fourth-order valence-electron chi connectivity index (χ4n) is 2.21. The van der Waals surface area contributed by atoms with E-state index in [-0.39, 0.29) is 21.4 Å². The quantitative estimate of drug-likeness (QED) is 0.799. The van der Waals surface area contributed by atoms with Crippen molar-refractivity contribution in [3.8, 4) is 0 Å². The molecule has 0 heterocycles. The number of para-hydroxylation sites is 1. The zero-order chi connectivity index (χ0) is 18.8. The van der Waals surface area contributed by atoms with E-state index in [0.717, 1.165) is 16.6 Å². The molecule has 25 heavy (non-hydrogen) atoms. The van der Waals surface area contributed by atoms with Crippen molar-refractivity contribution in [2.24, 2.45) is 0 Å². The van der Waals surface area contributed by atoms with Crippen molar-refractivity contribution in [1.29, 1.82) is 0 Å². The van der Waals surface area contributed by atoms with Gasteiger partial charge in [-0.15, -0.1) is 0 Å². The molecule has 0 amide bonds. The zero-order valence-electron chi connectivity index (χ0n) is 13.6. The fourth-order valence-corrected chi connectivity index (χ4v) is 4.98. The van der Waals surface area contributed by atoms with E-state index >= 15 is 0 Å². The summed E-state index contributed by atoms with van der Waals surface area (Å²) in [5.41, 5.74) is 0.337. The number of hydrogen-bond donors (Lipinski definition) is 1. The van der Waals surface area contributed by atoms with E-state index < -0.39 is 26.0 Å². The normalized spacial score (nSPS) is 13.4. The minimum absolute atomic E-state index is 0.0982. The van der Waals surface area contributed by atoms with Gasteiger partial charge in [-0.25, -0.2) is 16.8 Å². The second-order valence-corrected chi connectivity index (χ2v) is 9.84. The van der Waals surface area contributed by atoms with Gasteiger partial charge >= 0.3 is 0 Å². The SMILES string of the molecule is CC(O)CN(c1ccccc1)S(=O)(=O)c1cc(S(C)(=O)=O)ccc1Cl. The van der Waals surface area contributed by atoms with Crippen molar-refractivity contribution in [2.45, 2.75) is 22.8 Å². The molecule has 0 aromatic heterocycles. The van der Waals surface area contributed by atoms with Crippen LogP contribution in [0.1, 0.15) is 6.92 Å². The van der Waals surface area contributed by atoms with Gasteiger partial charge in [-0.05, 0) is 37.3 Å². The molecule has 0 aliphatic rings. The summed E-state index contributed by atoms with van der Waals surface area (Å²) in [4.78, 5) is -0.484. The molecule has 2 aromatic carbocycles. The lowest BCUT2D eigenvalue weighted by Gasteiger charge is -2.26. The predicted molar refractivity (Wildman–Crippen MR) is 97.2 cm³/mol. The third-order valence-corrected chi connectivity index (χ3v) is 6.76. The molecule has 2 aromatic rings. The first kappa shape index (κ1) is 19.7. The minimum Gasteiger partial charge on any atom is -0.392 e. The maximum Gasteiger partial charge on any atom is 0.265 e. The first-order valence-corrected chi connectivity index (χ1v) is 11.0. The van der Waals surface area contributed by atoms with E-state index in [1.165, 1.54) is 19.1 Å². The molecule has 0 saturated carbocycles. The second-order valence-electron chi connectivity index (χ2n) is 5.59. The number of halogens is 1. The Balaban J connectivity index is 2.65. The summed E-state index contributed by atoms with van der Waals surface area (Å²) in [6.45, 7) is 1.26. The number of hydrogen-bond acceptors (Lipinski definition) is 5. The van der Waals surface area contributed by atoms with Crippen LogP contribution in [-0.4, -0.2) is 40.8 Å². The molecule has 6 nitrogen and oxygen atoms in total. The summed E-state index contributed by atoms with van der Waals surface area (Å²) >= 11 is 6.04. The average Bonchev–Trinajstić information content (AvgIpc) is 2.52. The van der Waals surface area contributed by atoms with Crippen LogP contribution in [-0.2, 0) is 19.9 Å². The van der Waals surface area contributed by atoms with Gasteiger partial charge in [0.25, 0.3) is 10.0 Å². The third-order valence-electron chi connectivity index (χ3n) is 3.37. The van der Waals surface area contributed by atoms with Gasteiger partial charge in [-0.3, -0.25) is 4.31 Å². The first-order valence-electron chi connectivity index (χ1n) is 7.29. The van der Waals surface area contributed by atoms with E-state index in [1.807, 2.05) is 0 Å². The number of nitrogens with zero attached hydrogens (tertiary/aromatic N) is 1. The van der Waals surface area contributed by atoms with Crippen LogP contribution < -0.4 is 4.31 Å². The van der Waals surface area contributed by atoms with E-state index in [1.54, 1.807) is 30.3 Å². The molecular formula is C16H18ClNO5S2. The fraction of sp³-hybridized carbons (Fsp3) is 0.250. The summed E-state index contributed by atoms with van der Waals surface area (Å²) in [5, 5.41) is 9.61. The first-order chi connectivity index (χ1) is 11.5. The molecule has 1 unspecified atom stereocenters. The lowest BCUT2D eigenvalue weighted by molar-refractivity contribution is 0.204. The van der Waals surface area contributed by atoms with Crippen LogP contribution in [0.3, 0.4) is 0 Å². The number of rotatable bonds is 6. The molecule has 0 aliphatic carbocycles. The molecule has 0 bridgehead atoms. The summed E-state index contributed by atoms with van der Waals surface area (Å²) in [7, 11) is -7.79. The second kappa shape index (κ2) is 7.33. The zero-order valence-corrected chi connectivity index (χ0v) is 16.0. The number of sulfonamides is 1. The van der Waals surface area contributed by atoms with E-state index in [2.05, 4.69) is 0 Å². The number of sulfone groups is 1. The Hall–Kier alpha value is -1.61. The maximum atomic E-state index is 13.1. The lowest BCUT2D eigenvalue weighted by atomic mass is 10.3. The van der Waals surface area contributed by atoms with Crippen LogP contribution in [0.5, 0.6) is 0 Å². The van der Waals surface area contributed by atoms with Gasteiger partial charge in [0.2, 0.25) is 0 Å². The van der Waals surface area contributed by atoms with Gasteiger partial charge in [-0.2, -0.15) is 0 Å². The highest BCUT2D eigenvalue weighted by Crippen LogP contribution is 2.30. The van der Waals surface area contributed by atoms with Gasteiger partial charge < -0.3 is 5.11 Å². The van der Waals surface area contributed by atoms with Crippen LogP contribution in [0, 0.1) is 0 Å². The predicted octanol–water partition coefficient (Wildman–Crippen LogP) is 2.32. The van der Waals surface area contributed by atoms with Crippen LogP contribution in [0.4, 0.5) is 5.69 Å². The maximum absolute atomic E-state index is 13.1. The highest BCUT2D eigenvalue weighted by Gasteiger charge is 2.29. The van der Waals surface area contributed by atoms with Crippen LogP contribution in [0.2, 0.25) is 5.02 Å². The largest absolute Gasteiger partial charge is 0.392 e. The summed E-state index contributed by atoms with van der Waals surface area (Å²) in [6.07, 6.45) is 0.0454. The molecule has 9 heteroatoms. The van der Waals surface area contributed by atoms with Gasteiger partial charge in [0.05, 0.1) is 28.3 Å². The van der Waals surface area contributed by atoms with E-state index in [9.17, 15) is 21.9 Å². The lowest BCUT2D eigenvalue weighted by Crippen LogP contribution is -2.36. The summed E-state index contributed by atoms with van der Waals surface area (Å²) in [6, 6.07) is 11.7. The standard InChI is InChI=1S/C16H18ClNO5S2/c1-12(19)11-18(13-6-4-3-5-7-13)25(22,23)16-10-14(24(2,20)21)8-9-15(16)17/h3-10,12,19H,11H2,1-2H3. The molecular weight excluding hydrogens is 386 g/mol.